The lowest BCUT2D eigenvalue weighted by molar-refractivity contribution is 0.109. The predicted molar refractivity (Wildman–Crippen MR) is 138 cm³/mol. The van der Waals surface area contributed by atoms with Crippen molar-refractivity contribution in [2.75, 3.05) is 43.6 Å². The highest BCUT2D eigenvalue weighted by Crippen LogP contribution is 2.32. The zero-order chi connectivity index (χ0) is 24.9. The van der Waals surface area contributed by atoms with E-state index in [2.05, 4.69) is 33.9 Å². The largest absolute Gasteiger partial charge is 0.506 e. The van der Waals surface area contributed by atoms with Crippen LogP contribution in [-0.2, 0) is 4.74 Å². The van der Waals surface area contributed by atoms with Gasteiger partial charge in [-0.25, -0.2) is 14.4 Å². The predicted octanol–water partition coefficient (Wildman–Crippen LogP) is 5.32. The molecule has 7 nitrogen and oxygen atoms in total. The van der Waals surface area contributed by atoms with Gasteiger partial charge in [0.2, 0.25) is 0 Å². The summed E-state index contributed by atoms with van der Waals surface area (Å²) in [5, 5.41) is 13.9. The van der Waals surface area contributed by atoms with Crippen LogP contribution in [0.25, 0.3) is 11.4 Å². The van der Waals surface area contributed by atoms with Gasteiger partial charge in [0.15, 0.2) is 5.82 Å². The van der Waals surface area contributed by atoms with Crippen LogP contribution < -0.4 is 10.2 Å². The van der Waals surface area contributed by atoms with Crippen molar-refractivity contribution < 1.29 is 14.2 Å². The zero-order valence-electron chi connectivity index (χ0n) is 20.2. The quantitative estimate of drug-likeness (QED) is 0.321. The van der Waals surface area contributed by atoms with Gasteiger partial charge in [-0.3, -0.25) is 4.90 Å². The van der Waals surface area contributed by atoms with E-state index in [4.69, 9.17) is 21.3 Å². The maximum atomic E-state index is 13.5. The molecule has 35 heavy (non-hydrogen) atoms. The fourth-order valence-corrected chi connectivity index (χ4v) is 4.68. The van der Waals surface area contributed by atoms with E-state index in [1.807, 2.05) is 6.07 Å². The second-order valence-electron chi connectivity index (χ2n) is 8.92. The minimum absolute atomic E-state index is 0.0600. The SMILES string of the molecule is COCCCN1C(C)CN(c2cc(Nc3cc(Cl)ccc3O)nc(-c3ccc(F)cc3)n2)CC1C. The molecule has 2 N–H and O–H groups in total. The normalized spacial score (nSPS) is 18.6. The Morgan fingerprint density at radius 2 is 1.80 bits per heavy atom. The van der Waals surface area contributed by atoms with E-state index in [1.165, 1.54) is 18.2 Å². The van der Waals surface area contributed by atoms with Gasteiger partial charge in [-0.15, -0.1) is 0 Å². The lowest BCUT2D eigenvalue weighted by Gasteiger charge is -2.45. The summed E-state index contributed by atoms with van der Waals surface area (Å²) in [4.78, 5) is 14.2. The van der Waals surface area contributed by atoms with Crippen LogP contribution in [0.5, 0.6) is 5.75 Å². The van der Waals surface area contributed by atoms with E-state index in [-0.39, 0.29) is 11.6 Å². The van der Waals surface area contributed by atoms with E-state index < -0.39 is 0 Å². The number of nitrogens with zero attached hydrogens (tertiary/aromatic N) is 4. The van der Waals surface area contributed by atoms with Crippen molar-refractivity contribution in [3.63, 3.8) is 0 Å². The number of aromatic nitrogens is 2. The number of piperazine rings is 1. The van der Waals surface area contributed by atoms with Gasteiger partial charge in [-0.2, -0.15) is 0 Å². The molecule has 0 radical (unpaired) electrons. The summed E-state index contributed by atoms with van der Waals surface area (Å²) in [5.41, 5.74) is 1.14. The monoisotopic (exact) mass is 499 g/mol. The Balaban J connectivity index is 1.65. The molecule has 2 unspecified atom stereocenters. The Labute approximate surface area is 210 Å². The Bertz CT molecular complexity index is 1140. The average molecular weight is 500 g/mol. The third kappa shape index (κ3) is 6.20. The van der Waals surface area contributed by atoms with Crippen molar-refractivity contribution in [1.82, 2.24) is 14.9 Å². The van der Waals surface area contributed by atoms with Crippen molar-refractivity contribution in [2.24, 2.45) is 0 Å². The number of ether oxygens (including phenoxy) is 1. The highest BCUT2D eigenvalue weighted by atomic mass is 35.5. The number of hydrogen-bond donors (Lipinski definition) is 2. The topological polar surface area (TPSA) is 73.8 Å². The van der Waals surface area contributed by atoms with Crippen molar-refractivity contribution >= 4 is 28.9 Å². The summed E-state index contributed by atoms with van der Waals surface area (Å²) in [6, 6.07) is 13.4. The van der Waals surface area contributed by atoms with Crippen LogP contribution in [0.3, 0.4) is 0 Å². The van der Waals surface area contributed by atoms with E-state index >= 15 is 0 Å². The second kappa shape index (κ2) is 11.2. The number of rotatable bonds is 8. The molecule has 2 aromatic carbocycles. The van der Waals surface area contributed by atoms with Gasteiger partial charge in [-0.1, -0.05) is 11.6 Å². The van der Waals surface area contributed by atoms with Crippen molar-refractivity contribution in [3.05, 3.63) is 59.4 Å². The van der Waals surface area contributed by atoms with Crippen LogP contribution in [0.2, 0.25) is 5.02 Å². The van der Waals surface area contributed by atoms with Crippen molar-refractivity contribution in [2.45, 2.75) is 32.4 Å². The molecule has 1 fully saturated rings. The lowest BCUT2D eigenvalue weighted by atomic mass is 10.1. The molecule has 4 rings (SSSR count). The molecule has 186 valence electrons. The number of hydrogen-bond acceptors (Lipinski definition) is 7. The van der Waals surface area contributed by atoms with Crippen LogP contribution in [-0.4, -0.2) is 65.4 Å². The number of phenolic OH excluding ortho intramolecular Hbond substituents is 1. The molecule has 2 heterocycles. The molecule has 0 saturated carbocycles. The van der Waals surface area contributed by atoms with Gasteiger partial charge in [0, 0.05) is 62.1 Å². The van der Waals surface area contributed by atoms with Crippen LogP contribution in [0.1, 0.15) is 20.3 Å². The highest BCUT2D eigenvalue weighted by molar-refractivity contribution is 6.31. The van der Waals surface area contributed by atoms with E-state index in [9.17, 15) is 9.50 Å². The van der Waals surface area contributed by atoms with E-state index in [0.717, 1.165) is 38.5 Å². The highest BCUT2D eigenvalue weighted by Gasteiger charge is 2.30. The first kappa shape index (κ1) is 25.2. The summed E-state index contributed by atoms with van der Waals surface area (Å²) in [6.45, 7) is 7.78. The van der Waals surface area contributed by atoms with Gasteiger partial charge in [-0.05, 0) is 62.7 Å². The summed E-state index contributed by atoms with van der Waals surface area (Å²) in [7, 11) is 1.73. The maximum Gasteiger partial charge on any atom is 0.163 e. The summed E-state index contributed by atoms with van der Waals surface area (Å²) in [6.07, 6.45) is 0.991. The molecular weight excluding hydrogens is 469 g/mol. The average Bonchev–Trinajstić information content (AvgIpc) is 2.83. The van der Waals surface area contributed by atoms with Gasteiger partial charge >= 0.3 is 0 Å². The van der Waals surface area contributed by atoms with Crippen molar-refractivity contribution in [3.8, 4) is 17.1 Å². The summed E-state index contributed by atoms with van der Waals surface area (Å²) >= 11 is 6.13. The lowest BCUT2D eigenvalue weighted by Crippen LogP contribution is -2.57. The molecule has 1 aliphatic rings. The van der Waals surface area contributed by atoms with Crippen LogP contribution in [0, 0.1) is 5.82 Å². The molecular formula is C26H31ClFN5O2. The maximum absolute atomic E-state index is 13.5. The van der Waals surface area contributed by atoms with Crippen LogP contribution in [0.15, 0.2) is 48.5 Å². The molecule has 0 amide bonds. The van der Waals surface area contributed by atoms with Gasteiger partial charge in [0.1, 0.15) is 23.2 Å². The van der Waals surface area contributed by atoms with Crippen molar-refractivity contribution in [1.29, 1.82) is 0 Å². The zero-order valence-corrected chi connectivity index (χ0v) is 21.0. The van der Waals surface area contributed by atoms with E-state index in [1.54, 1.807) is 31.4 Å². The number of anilines is 3. The van der Waals surface area contributed by atoms with Gasteiger partial charge < -0.3 is 20.1 Å². The molecule has 3 aromatic rings. The first-order chi connectivity index (χ1) is 16.8. The minimum Gasteiger partial charge on any atom is -0.506 e. The summed E-state index contributed by atoms with van der Waals surface area (Å²) in [5.74, 6) is 1.48. The molecule has 1 aliphatic heterocycles. The number of nitrogens with one attached hydrogen (secondary N) is 1. The Morgan fingerprint density at radius 3 is 2.49 bits per heavy atom. The molecule has 9 heteroatoms. The number of aromatic hydroxyl groups is 1. The molecule has 0 spiro atoms. The number of benzene rings is 2. The molecule has 1 aromatic heterocycles. The molecule has 0 aliphatic carbocycles. The standard InChI is InChI=1S/C26H31ClFN5O2/c1-17-15-32(16-18(2)33(17)11-4-12-35-3)25-14-24(29-22-13-20(27)7-10-23(22)34)30-26(31-25)19-5-8-21(28)9-6-19/h5-10,13-14,17-18,34H,4,11-12,15-16H2,1-3H3,(H,29,30,31). The molecule has 2 atom stereocenters. The Hall–Kier alpha value is -2.94. The minimum atomic E-state index is -0.320. The number of halogens is 2. The fraction of sp³-hybridized carbons (Fsp3) is 0.385. The first-order valence-corrected chi connectivity index (χ1v) is 12.1. The smallest absolute Gasteiger partial charge is 0.163 e. The van der Waals surface area contributed by atoms with E-state index in [0.29, 0.717) is 40.0 Å². The first-order valence-electron chi connectivity index (χ1n) is 11.7. The third-order valence-electron chi connectivity index (χ3n) is 6.23. The van der Waals surface area contributed by atoms with Crippen LogP contribution >= 0.6 is 11.6 Å². The van der Waals surface area contributed by atoms with Gasteiger partial charge in [0.05, 0.1) is 5.69 Å². The number of methoxy groups -OCH3 is 1. The second-order valence-corrected chi connectivity index (χ2v) is 9.35. The van der Waals surface area contributed by atoms with Crippen LogP contribution in [0.4, 0.5) is 21.7 Å². The summed E-state index contributed by atoms with van der Waals surface area (Å²) < 4.78 is 18.8. The van der Waals surface area contributed by atoms with Gasteiger partial charge in [0.25, 0.3) is 0 Å². The third-order valence-corrected chi connectivity index (χ3v) is 6.46. The molecule has 1 saturated heterocycles. The Morgan fingerprint density at radius 1 is 1.09 bits per heavy atom. The molecule has 0 bridgehead atoms. The number of phenols is 1. The fourth-order valence-electron chi connectivity index (χ4n) is 4.51. The Kier molecular flexibility index (Phi) is 8.05.